The van der Waals surface area contributed by atoms with E-state index in [9.17, 15) is 9.18 Å². The number of amides is 1. The lowest BCUT2D eigenvalue weighted by Gasteiger charge is -2.30. The SMILES string of the molecule is C=C1c2cc(Br)ccc2CN1C(C(=O)NC(=N)S/C=C\C)c1cc(F)ccc1OC. The van der Waals surface area contributed by atoms with E-state index in [1.807, 2.05) is 25.1 Å². The van der Waals surface area contributed by atoms with Gasteiger partial charge in [-0.25, -0.2) is 4.39 Å². The van der Waals surface area contributed by atoms with Crippen LogP contribution < -0.4 is 10.1 Å². The van der Waals surface area contributed by atoms with E-state index < -0.39 is 17.8 Å². The molecule has 0 bridgehead atoms. The predicted molar refractivity (Wildman–Crippen MR) is 123 cm³/mol. The maximum atomic E-state index is 14.1. The number of allylic oxidation sites excluding steroid dienone is 1. The highest BCUT2D eigenvalue weighted by Gasteiger charge is 2.36. The molecule has 0 aromatic heterocycles. The minimum Gasteiger partial charge on any atom is -0.496 e. The summed E-state index contributed by atoms with van der Waals surface area (Å²) in [6, 6.07) is 8.97. The summed E-state index contributed by atoms with van der Waals surface area (Å²) in [5.74, 6) is -0.560. The van der Waals surface area contributed by atoms with Gasteiger partial charge in [0.15, 0.2) is 5.17 Å². The van der Waals surface area contributed by atoms with Gasteiger partial charge in [0.05, 0.1) is 7.11 Å². The van der Waals surface area contributed by atoms with Crippen LogP contribution in [0.25, 0.3) is 5.70 Å². The molecule has 3 rings (SSSR count). The molecule has 1 amide bonds. The van der Waals surface area contributed by atoms with E-state index in [2.05, 4.69) is 27.8 Å². The molecule has 1 aliphatic heterocycles. The van der Waals surface area contributed by atoms with Crippen LogP contribution in [0.3, 0.4) is 0 Å². The third-order valence-corrected chi connectivity index (χ3v) is 5.91. The van der Waals surface area contributed by atoms with Crippen molar-refractivity contribution in [3.8, 4) is 5.75 Å². The van der Waals surface area contributed by atoms with Crippen LogP contribution in [0.5, 0.6) is 5.75 Å². The van der Waals surface area contributed by atoms with E-state index in [1.54, 1.807) is 16.4 Å². The van der Waals surface area contributed by atoms with Crippen molar-refractivity contribution in [1.82, 2.24) is 10.2 Å². The van der Waals surface area contributed by atoms with Gasteiger partial charge in [-0.05, 0) is 48.2 Å². The predicted octanol–water partition coefficient (Wildman–Crippen LogP) is 5.44. The number of carbonyl (C=O) groups is 1. The number of fused-ring (bicyclic) bond motifs is 1. The van der Waals surface area contributed by atoms with Crippen LogP contribution in [0.4, 0.5) is 4.39 Å². The van der Waals surface area contributed by atoms with E-state index in [0.717, 1.165) is 27.4 Å². The fourth-order valence-electron chi connectivity index (χ4n) is 3.35. The van der Waals surface area contributed by atoms with Gasteiger partial charge in [-0.3, -0.25) is 10.2 Å². The highest BCUT2D eigenvalue weighted by Crippen LogP contribution is 2.41. The number of carbonyl (C=O) groups excluding carboxylic acids is 1. The molecule has 0 saturated carbocycles. The summed E-state index contributed by atoms with van der Waals surface area (Å²) in [4.78, 5) is 15.1. The maximum absolute atomic E-state index is 14.1. The molecule has 8 heteroatoms. The number of methoxy groups -OCH3 is 1. The van der Waals surface area contributed by atoms with Crippen LogP contribution in [0.1, 0.15) is 29.7 Å². The van der Waals surface area contributed by atoms with Crippen molar-refractivity contribution in [2.45, 2.75) is 19.5 Å². The summed E-state index contributed by atoms with van der Waals surface area (Å²) < 4.78 is 20.5. The van der Waals surface area contributed by atoms with E-state index in [4.69, 9.17) is 10.1 Å². The van der Waals surface area contributed by atoms with Crippen molar-refractivity contribution in [1.29, 1.82) is 5.41 Å². The molecule has 0 radical (unpaired) electrons. The number of nitrogens with zero attached hydrogens (tertiary/aromatic N) is 1. The van der Waals surface area contributed by atoms with E-state index >= 15 is 0 Å². The van der Waals surface area contributed by atoms with Crippen LogP contribution in [0.2, 0.25) is 0 Å². The average Bonchev–Trinajstić information content (AvgIpc) is 3.02. The zero-order valence-electron chi connectivity index (χ0n) is 16.5. The lowest BCUT2D eigenvalue weighted by Crippen LogP contribution is -2.39. The van der Waals surface area contributed by atoms with Gasteiger partial charge in [-0.1, -0.05) is 46.4 Å². The molecule has 0 aliphatic carbocycles. The average molecular weight is 490 g/mol. The van der Waals surface area contributed by atoms with Crippen molar-refractivity contribution in [3.05, 3.63) is 81.4 Å². The maximum Gasteiger partial charge on any atom is 0.253 e. The number of nitrogens with one attached hydrogen (secondary N) is 2. The molecule has 0 saturated heterocycles. The fourth-order valence-corrected chi connectivity index (χ4v) is 4.14. The Morgan fingerprint density at radius 3 is 2.87 bits per heavy atom. The van der Waals surface area contributed by atoms with Crippen LogP contribution in [0, 0.1) is 11.2 Å². The van der Waals surface area contributed by atoms with E-state index in [1.165, 1.54) is 25.3 Å². The Labute approximate surface area is 187 Å². The highest BCUT2D eigenvalue weighted by molar-refractivity contribution is 9.10. The van der Waals surface area contributed by atoms with Gasteiger partial charge < -0.3 is 15.0 Å². The quantitative estimate of drug-likeness (QED) is 0.433. The second-order valence-corrected chi connectivity index (χ2v) is 8.40. The van der Waals surface area contributed by atoms with Gasteiger partial charge in [0, 0.05) is 27.8 Å². The number of thioether (sulfide) groups is 1. The summed E-state index contributed by atoms with van der Waals surface area (Å²) in [6.07, 6.45) is 1.77. The number of halogens is 2. The number of amidine groups is 1. The Morgan fingerprint density at radius 2 is 2.17 bits per heavy atom. The van der Waals surface area contributed by atoms with Gasteiger partial charge >= 0.3 is 0 Å². The molecule has 1 unspecified atom stereocenters. The molecule has 30 heavy (non-hydrogen) atoms. The fraction of sp³-hybridized carbons (Fsp3) is 0.182. The lowest BCUT2D eigenvalue weighted by molar-refractivity contribution is -0.124. The van der Waals surface area contributed by atoms with Crippen molar-refractivity contribution in [2.24, 2.45) is 0 Å². The number of rotatable bonds is 5. The smallest absolute Gasteiger partial charge is 0.253 e. The summed E-state index contributed by atoms with van der Waals surface area (Å²) in [7, 11) is 1.47. The van der Waals surface area contributed by atoms with Crippen molar-refractivity contribution >= 4 is 44.5 Å². The first-order chi connectivity index (χ1) is 14.3. The monoisotopic (exact) mass is 489 g/mol. The normalized spacial score (nSPS) is 14.0. The second-order valence-electron chi connectivity index (χ2n) is 6.57. The van der Waals surface area contributed by atoms with Gasteiger partial charge in [-0.15, -0.1) is 0 Å². The molecular formula is C22H21BrFN3O2S. The number of hydrogen-bond acceptors (Lipinski definition) is 5. The highest BCUT2D eigenvalue weighted by atomic mass is 79.9. The summed E-state index contributed by atoms with van der Waals surface area (Å²) in [5, 5.41) is 12.3. The first kappa shape index (κ1) is 22.1. The molecule has 0 fully saturated rings. The Hall–Kier alpha value is -2.58. The third-order valence-electron chi connectivity index (χ3n) is 4.68. The second kappa shape index (κ2) is 9.49. The van der Waals surface area contributed by atoms with E-state index in [0.29, 0.717) is 23.6 Å². The summed E-state index contributed by atoms with van der Waals surface area (Å²) in [6.45, 7) is 6.42. The summed E-state index contributed by atoms with van der Waals surface area (Å²) >= 11 is 4.55. The van der Waals surface area contributed by atoms with Gasteiger partial charge in [0.1, 0.15) is 17.6 Å². The summed E-state index contributed by atoms with van der Waals surface area (Å²) in [5.41, 5.74) is 2.93. The number of hydrogen-bond donors (Lipinski definition) is 2. The molecule has 5 nitrogen and oxygen atoms in total. The van der Waals surface area contributed by atoms with Gasteiger partial charge in [0.2, 0.25) is 0 Å². The van der Waals surface area contributed by atoms with Crippen molar-refractivity contribution in [2.75, 3.05) is 7.11 Å². The molecular weight excluding hydrogens is 469 g/mol. The molecule has 2 aromatic carbocycles. The Kier molecular flexibility index (Phi) is 6.99. The molecule has 2 aromatic rings. The topological polar surface area (TPSA) is 65.4 Å². The lowest BCUT2D eigenvalue weighted by atomic mass is 10.0. The Bertz CT molecular complexity index is 1040. The molecule has 156 valence electrons. The van der Waals surface area contributed by atoms with Crippen LogP contribution in [-0.4, -0.2) is 23.1 Å². The zero-order valence-corrected chi connectivity index (χ0v) is 18.9. The van der Waals surface area contributed by atoms with E-state index in [-0.39, 0.29) is 5.17 Å². The molecule has 0 spiro atoms. The van der Waals surface area contributed by atoms with Gasteiger partial charge in [-0.2, -0.15) is 0 Å². The minimum atomic E-state index is -0.930. The van der Waals surface area contributed by atoms with Crippen molar-refractivity contribution < 1.29 is 13.9 Å². The van der Waals surface area contributed by atoms with Crippen LogP contribution in [0.15, 0.2) is 58.9 Å². The molecule has 1 heterocycles. The third kappa shape index (κ3) is 4.60. The van der Waals surface area contributed by atoms with Gasteiger partial charge in [0.25, 0.3) is 5.91 Å². The standard InChI is InChI=1S/C22H21BrFN3O2S/c1-4-9-30-22(25)26-21(28)20(18-11-16(24)7-8-19(18)29-3)27-12-14-5-6-15(23)10-17(14)13(27)2/h4-11,20H,2,12H2,1,3H3,(H2,25,26,28)/b9-4-. The molecule has 2 N–H and O–H groups in total. The van der Waals surface area contributed by atoms with Crippen LogP contribution in [-0.2, 0) is 11.3 Å². The Morgan fingerprint density at radius 1 is 1.40 bits per heavy atom. The molecule has 1 aliphatic rings. The number of ether oxygens (including phenoxy) is 1. The Balaban J connectivity index is 2.03. The first-order valence-electron chi connectivity index (χ1n) is 9.10. The van der Waals surface area contributed by atoms with Crippen molar-refractivity contribution in [3.63, 3.8) is 0 Å². The molecule has 1 atom stereocenters. The largest absolute Gasteiger partial charge is 0.496 e. The first-order valence-corrected chi connectivity index (χ1v) is 10.8. The zero-order chi connectivity index (χ0) is 21.8. The minimum absolute atomic E-state index is 0.0245. The number of benzene rings is 2. The van der Waals surface area contributed by atoms with Crippen LogP contribution >= 0.6 is 27.7 Å².